The Hall–Kier alpha value is -3.30. The second-order valence-electron chi connectivity index (χ2n) is 6.91. The highest BCUT2D eigenvalue weighted by atomic mass is 35.5. The number of nitrogens with one attached hydrogen (secondary N) is 1. The van der Waals surface area contributed by atoms with Gasteiger partial charge in [0.1, 0.15) is 11.6 Å². The summed E-state index contributed by atoms with van der Waals surface area (Å²) in [5, 5.41) is 10.2. The summed E-state index contributed by atoms with van der Waals surface area (Å²) in [6.45, 7) is 0. The molecule has 0 saturated carbocycles. The van der Waals surface area contributed by atoms with Crippen molar-refractivity contribution in [2.45, 2.75) is 16.6 Å². The third-order valence-corrected chi connectivity index (χ3v) is 6.21. The van der Waals surface area contributed by atoms with E-state index in [0.717, 1.165) is 35.6 Å². The SMILES string of the molecule is O=C(Nc1cc(C(F)(F)F)ccc1Cl)C(Sc1nncn1-c1ccccc1)c1ccccc1. The molecule has 0 bridgehead atoms. The first kappa shape index (κ1) is 22.9. The molecule has 0 aliphatic heterocycles. The van der Waals surface area contributed by atoms with Crippen LogP contribution in [0.5, 0.6) is 0 Å². The van der Waals surface area contributed by atoms with Crippen LogP contribution in [0.25, 0.3) is 5.69 Å². The van der Waals surface area contributed by atoms with Gasteiger partial charge in [-0.1, -0.05) is 71.9 Å². The topological polar surface area (TPSA) is 59.8 Å². The van der Waals surface area contributed by atoms with Crippen molar-refractivity contribution < 1.29 is 18.0 Å². The summed E-state index contributed by atoms with van der Waals surface area (Å²) < 4.78 is 41.1. The van der Waals surface area contributed by atoms with Crippen LogP contribution in [-0.4, -0.2) is 20.7 Å². The number of halogens is 4. The van der Waals surface area contributed by atoms with Gasteiger partial charge < -0.3 is 5.32 Å². The lowest BCUT2D eigenvalue weighted by molar-refractivity contribution is -0.137. The van der Waals surface area contributed by atoms with E-state index in [1.165, 1.54) is 6.33 Å². The maximum Gasteiger partial charge on any atom is 0.416 e. The molecule has 3 aromatic carbocycles. The molecular weight excluding hydrogens is 473 g/mol. The molecule has 4 aromatic rings. The summed E-state index contributed by atoms with van der Waals surface area (Å²) in [6.07, 6.45) is -3.04. The molecule has 5 nitrogen and oxygen atoms in total. The van der Waals surface area contributed by atoms with Crippen molar-refractivity contribution in [3.63, 3.8) is 0 Å². The predicted molar refractivity (Wildman–Crippen MR) is 121 cm³/mol. The summed E-state index contributed by atoms with van der Waals surface area (Å²) in [4.78, 5) is 13.3. The second kappa shape index (κ2) is 9.68. The Morgan fingerprint density at radius 3 is 2.33 bits per heavy atom. The number of alkyl halides is 3. The van der Waals surface area contributed by atoms with Gasteiger partial charge in [-0.2, -0.15) is 13.2 Å². The van der Waals surface area contributed by atoms with Gasteiger partial charge in [0, 0.05) is 5.69 Å². The van der Waals surface area contributed by atoms with E-state index >= 15 is 0 Å². The van der Waals surface area contributed by atoms with Crippen molar-refractivity contribution in [2.75, 3.05) is 5.32 Å². The lowest BCUT2D eigenvalue weighted by Crippen LogP contribution is -2.20. The number of amides is 1. The number of para-hydroxylation sites is 1. The van der Waals surface area contributed by atoms with Gasteiger partial charge in [-0.15, -0.1) is 10.2 Å². The summed E-state index contributed by atoms with van der Waals surface area (Å²) >= 11 is 7.20. The van der Waals surface area contributed by atoms with E-state index < -0.39 is 22.9 Å². The molecule has 33 heavy (non-hydrogen) atoms. The molecule has 0 aliphatic rings. The Labute approximate surface area is 196 Å². The zero-order valence-corrected chi connectivity index (χ0v) is 18.4. The van der Waals surface area contributed by atoms with E-state index in [0.29, 0.717) is 10.7 Å². The van der Waals surface area contributed by atoms with E-state index in [-0.39, 0.29) is 10.7 Å². The fraction of sp³-hybridized carbons (Fsp3) is 0.0870. The minimum atomic E-state index is -4.57. The van der Waals surface area contributed by atoms with Crippen molar-refractivity contribution in [3.8, 4) is 5.69 Å². The number of rotatable bonds is 6. The first-order valence-electron chi connectivity index (χ1n) is 9.67. The Bertz CT molecular complexity index is 1250. The fourth-order valence-corrected chi connectivity index (χ4v) is 4.27. The van der Waals surface area contributed by atoms with Gasteiger partial charge in [0.25, 0.3) is 0 Å². The highest BCUT2D eigenvalue weighted by Gasteiger charge is 2.32. The summed E-state index contributed by atoms with van der Waals surface area (Å²) in [5.74, 6) is -0.546. The van der Waals surface area contributed by atoms with Crippen LogP contribution in [0.15, 0.2) is 90.3 Å². The highest BCUT2D eigenvalue weighted by Crippen LogP contribution is 2.38. The van der Waals surface area contributed by atoms with Gasteiger partial charge in [0.15, 0.2) is 5.16 Å². The quantitative estimate of drug-likeness (QED) is 0.318. The molecule has 0 spiro atoms. The average Bonchev–Trinajstić information content (AvgIpc) is 3.27. The Kier molecular flexibility index (Phi) is 6.71. The third kappa shape index (κ3) is 5.37. The molecule has 1 unspecified atom stereocenters. The number of anilines is 1. The molecule has 1 N–H and O–H groups in total. The van der Waals surface area contributed by atoms with Crippen LogP contribution in [-0.2, 0) is 11.0 Å². The monoisotopic (exact) mass is 488 g/mol. The number of nitrogens with zero attached hydrogens (tertiary/aromatic N) is 3. The molecule has 10 heteroatoms. The highest BCUT2D eigenvalue weighted by molar-refractivity contribution is 8.00. The molecule has 0 aliphatic carbocycles. The van der Waals surface area contributed by atoms with E-state index in [1.54, 1.807) is 34.9 Å². The molecule has 0 fully saturated rings. The van der Waals surface area contributed by atoms with Gasteiger partial charge in [0.05, 0.1) is 16.3 Å². The lowest BCUT2D eigenvalue weighted by atomic mass is 10.1. The van der Waals surface area contributed by atoms with E-state index in [9.17, 15) is 18.0 Å². The molecule has 1 atom stereocenters. The Balaban J connectivity index is 1.66. The number of carbonyl (C=O) groups is 1. The molecule has 168 valence electrons. The number of carbonyl (C=O) groups excluding carboxylic acids is 1. The number of hydrogen-bond acceptors (Lipinski definition) is 4. The van der Waals surface area contributed by atoms with E-state index in [1.807, 2.05) is 30.3 Å². The minimum absolute atomic E-state index is 0.000569. The fourth-order valence-electron chi connectivity index (χ4n) is 3.07. The Morgan fingerprint density at radius 1 is 1.00 bits per heavy atom. The number of aromatic nitrogens is 3. The second-order valence-corrected chi connectivity index (χ2v) is 8.39. The standard InChI is InChI=1S/C23H16ClF3N4OS/c24-18-12-11-16(23(25,26)27)13-19(18)29-21(32)20(15-7-3-1-4-8-15)33-22-30-28-14-31(22)17-9-5-2-6-10-17/h1-14,20H,(H,29,32). The smallest absolute Gasteiger partial charge is 0.323 e. The average molecular weight is 489 g/mol. The molecule has 1 amide bonds. The van der Waals surface area contributed by atoms with Gasteiger partial charge in [0.2, 0.25) is 5.91 Å². The van der Waals surface area contributed by atoms with Crippen molar-refractivity contribution in [1.29, 1.82) is 0 Å². The van der Waals surface area contributed by atoms with Crippen LogP contribution in [0.1, 0.15) is 16.4 Å². The van der Waals surface area contributed by atoms with Crippen LogP contribution in [0.4, 0.5) is 18.9 Å². The largest absolute Gasteiger partial charge is 0.416 e. The van der Waals surface area contributed by atoms with Crippen molar-refractivity contribution in [1.82, 2.24) is 14.8 Å². The zero-order chi connectivity index (χ0) is 23.4. The predicted octanol–water partition coefficient (Wildman–Crippen LogP) is 6.41. The van der Waals surface area contributed by atoms with Crippen molar-refractivity contribution >= 4 is 35.0 Å². The zero-order valence-electron chi connectivity index (χ0n) is 16.8. The van der Waals surface area contributed by atoms with Gasteiger partial charge in [-0.05, 0) is 35.9 Å². The van der Waals surface area contributed by atoms with Crippen LogP contribution < -0.4 is 5.32 Å². The van der Waals surface area contributed by atoms with Crippen LogP contribution in [0, 0.1) is 0 Å². The van der Waals surface area contributed by atoms with Gasteiger partial charge >= 0.3 is 6.18 Å². The molecule has 0 radical (unpaired) electrons. The summed E-state index contributed by atoms with van der Waals surface area (Å²) in [6, 6.07) is 21.0. The van der Waals surface area contributed by atoms with Crippen LogP contribution in [0.3, 0.4) is 0 Å². The van der Waals surface area contributed by atoms with Crippen molar-refractivity contribution in [3.05, 3.63) is 101 Å². The van der Waals surface area contributed by atoms with Crippen molar-refractivity contribution in [2.24, 2.45) is 0 Å². The third-order valence-electron chi connectivity index (χ3n) is 4.67. The molecule has 4 rings (SSSR count). The van der Waals surface area contributed by atoms with Gasteiger partial charge in [-0.3, -0.25) is 9.36 Å². The molecular formula is C23H16ClF3N4OS. The maximum atomic E-state index is 13.3. The molecule has 1 heterocycles. The normalized spacial score (nSPS) is 12.4. The number of hydrogen-bond donors (Lipinski definition) is 1. The first-order valence-corrected chi connectivity index (χ1v) is 10.9. The maximum absolute atomic E-state index is 13.3. The van der Waals surface area contributed by atoms with Crippen LogP contribution >= 0.6 is 23.4 Å². The summed E-state index contributed by atoms with van der Waals surface area (Å²) in [7, 11) is 0. The minimum Gasteiger partial charge on any atom is -0.323 e. The van der Waals surface area contributed by atoms with Crippen LogP contribution in [0.2, 0.25) is 5.02 Å². The molecule has 0 saturated heterocycles. The summed E-state index contributed by atoms with van der Waals surface area (Å²) in [5.41, 5.74) is 0.418. The van der Waals surface area contributed by atoms with E-state index in [2.05, 4.69) is 15.5 Å². The lowest BCUT2D eigenvalue weighted by Gasteiger charge is -2.18. The number of benzene rings is 3. The van der Waals surface area contributed by atoms with Gasteiger partial charge in [-0.25, -0.2) is 0 Å². The van der Waals surface area contributed by atoms with E-state index in [4.69, 9.17) is 11.6 Å². The Morgan fingerprint density at radius 2 is 1.67 bits per heavy atom. The first-order chi connectivity index (χ1) is 15.8. The molecule has 1 aromatic heterocycles. The number of thioether (sulfide) groups is 1.